The van der Waals surface area contributed by atoms with Gasteiger partial charge in [-0.1, -0.05) is 17.3 Å². The Balaban J connectivity index is 1.75. The van der Waals surface area contributed by atoms with Gasteiger partial charge in [0.05, 0.1) is 30.5 Å². The van der Waals surface area contributed by atoms with E-state index in [0.29, 0.717) is 30.8 Å². The smallest absolute Gasteiger partial charge is 0.113 e. The highest BCUT2D eigenvalue weighted by molar-refractivity contribution is 5.60. The maximum absolute atomic E-state index is 9.92. The summed E-state index contributed by atoms with van der Waals surface area (Å²) in [7, 11) is 0. The van der Waals surface area contributed by atoms with E-state index in [1.54, 1.807) is 29.1 Å². The Hall–Kier alpha value is -2.27. The van der Waals surface area contributed by atoms with Gasteiger partial charge in [0.2, 0.25) is 0 Å². The zero-order chi connectivity index (χ0) is 15.5. The van der Waals surface area contributed by atoms with Gasteiger partial charge < -0.3 is 14.9 Å². The summed E-state index contributed by atoms with van der Waals surface area (Å²) in [6.45, 7) is 0.720. The summed E-state index contributed by atoms with van der Waals surface area (Å²) in [5.74, 6) is 0. The monoisotopic (exact) mass is 300 g/mol. The lowest BCUT2D eigenvalue weighted by molar-refractivity contribution is -0.140. The highest BCUT2D eigenvalue weighted by Gasteiger charge is 2.31. The maximum atomic E-state index is 9.92. The zero-order valence-corrected chi connectivity index (χ0v) is 11.8. The van der Waals surface area contributed by atoms with Crippen molar-refractivity contribution in [2.75, 3.05) is 6.61 Å². The van der Waals surface area contributed by atoms with Crippen molar-refractivity contribution in [3.63, 3.8) is 0 Å². The highest BCUT2D eigenvalue weighted by atomic mass is 16.5. The molecule has 0 saturated carbocycles. The number of benzene rings is 1. The third-order valence-corrected chi connectivity index (χ3v) is 3.71. The molecule has 1 aliphatic rings. The molecule has 2 N–H and O–H groups in total. The van der Waals surface area contributed by atoms with E-state index in [2.05, 4.69) is 16.4 Å². The van der Waals surface area contributed by atoms with Crippen LogP contribution in [0, 0.1) is 11.3 Å². The fraction of sp³-hybridized carbons (Fsp3) is 0.400. The Labute approximate surface area is 127 Å². The molecule has 7 heteroatoms. The molecule has 1 aliphatic heterocycles. The second kappa shape index (κ2) is 6.23. The van der Waals surface area contributed by atoms with E-state index < -0.39 is 18.3 Å². The number of aliphatic hydroxyl groups is 2. The minimum Gasteiger partial charge on any atom is -0.390 e. The van der Waals surface area contributed by atoms with Crippen molar-refractivity contribution in [2.45, 2.75) is 31.3 Å². The van der Waals surface area contributed by atoms with Gasteiger partial charge in [-0.3, -0.25) is 0 Å². The van der Waals surface area contributed by atoms with Crippen molar-refractivity contribution in [3.8, 4) is 17.3 Å². The Morgan fingerprint density at radius 1 is 1.41 bits per heavy atom. The Kier molecular flexibility index (Phi) is 4.15. The first kappa shape index (κ1) is 14.7. The van der Waals surface area contributed by atoms with E-state index in [9.17, 15) is 10.2 Å². The maximum Gasteiger partial charge on any atom is 0.113 e. The molecule has 0 radical (unpaired) electrons. The van der Waals surface area contributed by atoms with Crippen LogP contribution >= 0.6 is 0 Å². The molecule has 2 aromatic rings. The lowest BCUT2D eigenvalue weighted by Gasteiger charge is -2.31. The SMILES string of the molecule is N#Cc1cccc(-c2cn(CC3OCCC(O)[C@H]3O)nn2)c1. The predicted molar refractivity (Wildman–Crippen MR) is 76.5 cm³/mol. The molecule has 0 bridgehead atoms. The van der Waals surface area contributed by atoms with Crippen molar-refractivity contribution < 1.29 is 14.9 Å². The largest absolute Gasteiger partial charge is 0.390 e. The number of ether oxygens (including phenoxy) is 1. The van der Waals surface area contributed by atoms with Crippen molar-refractivity contribution in [1.29, 1.82) is 5.26 Å². The molecule has 1 fully saturated rings. The molecule has 0 spiro atoms. The zero-order valence-electron chi connectivity index (χ0n) is 11.8. The molecule has 2 heterocycles. The van der Waals surface area contributed by atoms with Crippen LogP contribution in [0.25, 0.3) is 11.3 Å². The third kappa shape index (κ3) is 2.99. The first-order chi connectivity index (χ1) is 10.7. The molecule has 114 valence electrons. The number of nitrogens with zero attached hydrogens (tertiary/aromatic N) is 4. The van der Waals surface area contributed by atoms with E-state index in [0.717, 1.165) is 5.56 Å². The van der Waals surface area contributed by atoms with Crippen LogP contribution in [0.2, 0.25) is 0 Å². The van der Waals surface area contributed by atoms with Gasteiger partial charge in [0, 0.05) is 12.2 Å². The molecule has 7 nitrogen and oxygen atoms in total. The van der Waals surface area contributed by atoms with Crippen molar-refractivity contribution in [2.24, 2.45) is 0 Å². The van der Waals surface area contributed by atoms with Crippen molar-refractivity contribution >= 4 is 0 Å². The van der Waals surface area contributed by atoms with E-state index in [4.69, 9.17) is 10.00 Å². The minimum absolute atomic E-state index is 0.309. The Morgan fingerprint density at radius 2 is 2.27 bits per heavy atom. The van der Waals surface area contributed by atoms with E-state index in [-0.39, 0.29) is 0 Å². The molecule has 2 unspecified atom stereocenters. The molecular formula is C15H16N4O3. The van der Waals surface area contributed by atoms with E-state index in [1.165, 1.54) is 0 Å². The summed E-state index contributed by atoms with van der Waals surface area (Å²) in [6, 6.07) is 9.19. The Morgan fingerprint density at radius 3 is 3.09 bits per heavy atom. The topological polar surface area (TPSA) is 104 Å². The quantitative estimate of drug-likeness (QED) is 0.846. The van der Waals surface area contributed by atoms with E-state index >= 15 is 0 Å². The van der Waals surface area contributed by atoms with Crippen molar-refractivity contribution in [3.05, 3.63) is 36.0 Å². The highest BCUT2D eigenvalue weighted by Crippen LogP contribution is 2.19. The third-order valence-electron chi connectivity index (χ3n) is 3.71. The number of rotatable bonds is 3. The molecule has 0 amide bonds. The molecular weight excluding hydrogens is 284 g/mol. The summed E-state index contributed by atoms with van der Waals surface area (Å²) < 4.78 is 7.04. The second-order valence-electron chi connectivity index (χ2n) is 5.27. The van der Waals surface area contributed by atoms with Gasteiger partial charge in [0.1, 0.15) is 17.9 Å². The van der Waals surface area contributed by atoms with Gasteiger partial charge in [-0.25, -0.2) is 4.68 Å². The summed E-state index contributed by atoms with van der Waals surface area (Å²) in [4.78, 5) is 0. The van der Waals surface area contributed by atoms with Crippen molar-refractivity contribution in [1.82, 2.24) is 15.0 Å². The van der Waals surface area contributed by atoms with Crippen LogP contribution in [0.15, 0.2) is 30.5 Å². The van der Waals surface area contributed by atoms with Gasteiger partial charge in [0.15, 0.2) is 0 Å². The standard InChI is InChI=1S/C15H16N4O3/c16-7-10-2-1-3-11(6-10)12-8-19(18-17-12)9-14-15(21)13(20)4-5-22-14/h1-3,6,8,13-15,20-21H,4-5,9H2/t13?,14?,15-/m1/s1. The lowest BCUT2D eigenvalue weighted by atomic mass is 10.0. The second-order valence-corrected chi connectivity index (χ2v) is 5.27. The Bertz CT molecular complexity index is 694. The summed E-state index contributed by atoms with van der Waals surface area (Å²) in [6.07, 6.45) is -0.0458. The molecule has 3 rings (SSSR count). The van der Waals surface area contributed by atoms with Crippen LogP contribution in [0.1, 0.15) is 12.0 Å². The minimum atomic E-state index is -0.927. The van der Waals surface area contributed by atoms with Gasteiger partial charge >= 0.3 is 0 Å². The van der Waals surface area contributed by atoms with Crippen LogP contribution < -0.4 is 0 Å². The van der Waals surface area contributed by atoms with Gasteiger partial charge in [-0.05, 0) is 18.6 Å². The van der Waals surface area contributed by atoms with Gasteiger partial charge in [-0.15, -0.1) is 5.10 Å². The van der Waals surface area contributed by atoms with Crippen LogP contribution in [0.3, 0.4) is 0 Å². The van der Waals surface area contributed by atoms with Crippen LogP contribution in [0.5, 0.6) is 0 Å². The number of nitriles is 1. The average Bonchev–Trinajstić information content (AvgIpc) is 3.00. The molecule has 1 aromatic heterocycles. The first-order valence-corrected chi connectivity index (χ1v) is 7.06. The molecule has 1 aromatic carbocycles. The van der Waals surface area contributed by atoms with Crippen LogP contribution in [-0.4, -0.2) is 50.1 Å². The fourth-order valence-corrected chi connectivity index (χ4v) is 2.47. The predicted octanol–water partition coefficient (Wildman–Crippen LogP) is 0.327. The number of hydrogen-bond donors (Lipinski definition) is 2. The lowest BCUT2D eigenvalue weighted by Crippen LogP contribution is -2.46. The number of aromatic nitrogens is 3. The molecule has 3 atom stereocenters. The molecule has 0 aliphatic carbocycles. The average molecular weight is 300 g/mol. The normalized spacial score (nSPS) is 24.9. The van der Waals surface area contributed by atoms with Gasteiger partial charge in [0.25, 0.3) is 0 Å². The molecule has 1 saturated heterocycles. The summed E-state index contributed by atoms with van der Waals surface area (Å²) in [5.41, 5.74) is 2.00. The van der Waals surface area contributed by atoms with Crippen LogP contribution in [-0.2, 0) is 11.3 Å². The van der Waals surface area contributed by atoms with E-state index in [1.807, 2.05) is 6.07 Å². The number of hydrogen-bond acceptors (Lipinski definition) is 6. The van der Waals surface area contributed by atoms with Crippen LogP contribution in [0.4, 0.5) is 0 Å². The van der Waals surface area contributed by atoms with Gasteiger partial charge in [-0.2, -0.15) is 5.26 Å². The summed E-state index contributed by atoms with van der Waals surface area (Å²) in [5, 5.41) is 36.6. The summed E-state index contributed by atoms with van der Waals surface area (Å²) >= 11 is 0. The first-order valence-electron chi connectivity index (χ1n) is 7.06. The molecule has 22 heavy (non-hydrogen) atoms. The fourth-order valence-electron chi connectivity index (χ4n) is 2.47. The number of aliphatic hydroxyl groups excluding tert-OH is 2.